The van der Waals surface area contributed by atoms with Crippen molar-refractivity contribution in [1.82, 2.24) is 4.57 Å². The predicted molar refractivity (Wildman–Crippen MR) is 102 cm³/mol. The second-order valence-corrected chi connectivity index (χ2v) is 8.42. The quantitative estimate of drug-likeness (QED) is 0.704. The van der Waals surface area contributed by atoms with Gasteiger partial charge in [0.2, 0.25) is 15.8 Å². The maximum atomic E-state index is 12.5. The lowest BCUT2D eigenvalue weighted by Crippen LogP contribution is -2.12. The van der Waals surface area contributed by atoms with Crippen LogP contribution in [0.15, 0.2) is 81.6 Å². The van der Waals surface area contributed by atoms with E-state index in [4.69, 9.17) is 5.14 Å². The van der Waals surface area contributed by atoms with Crippen LogP contribution < -0.4 is 5.14 Å². The maximum absolute atomic E-state index is 12.5. The molecule has 1 aliphatic rings. The molecule has 1 aromatic heterocycles. The van der Waals surface area contributed by atoms with Crippen LogP contribution in [0.25, 0.3) is 11.8 Å². The minimum Gasteiger partial charge on any atom is -0.317 e. The van der Waals surface area contributed by atoms with Crippen LogP contribution in [0.5, 0.6) is 0 Å². The zero-order valence-electron chi connectivity index (χ0n) is 13.5. The molecule has 3 aromatic rings. The summed E-state index contributed by atoms with van der Waals surface area (Å²) in [6, 6.07) is 17.6. The van der Waals surface area contributed by atoms with E-state index in [9.17, 15) is 13.2 Å². The van der Waals surface area contributed by atoms with Gasteiger partial charge in [0.15, 0.2) is 0 Å². The molecule has 2 heterocycles. The van der Waals surface area contributed by atoms with Crippen LogP contribution in [0.3, 0.4) is 0 Å². The van der Waals surface area contributed by atoms with Gasteiger partial charge in [0.25, 0.3) is 0 Å². The number of nitrogens with zero attached hydrogens (tertiary/aromatic N) is 1. The summed E-state index contributed by atoms with van der Waals surface area (Å²) < 4.78 is 24.7. The number of hydrogen-bond acceptors (Lipinski definition) is 4. The molecule has 5 nitrogen and oxygen atoms in total. The highest BCUT2D eigenvalue weighted by Crippen LogP contribution is 2.40. The number of Topliss-reactive ketones (excluding diaryl/α,β-unsaturated/α-hetero) is 1. The topological polar surface area (TPSA) is 82.2 Å². The second-order valence-electron chi connectivity index (χ2n) is 5.78. The van der Waals surface area contributed by atoms with Crippen molar-refractivity contribution in [2.24, 2.45) is 5.14 Å². The van der Waals surface area contributed by atoms with E-state index in [0.717, 1.165) is 21.8 Å². The summed E-state index contributed by atoms with van der Waals surface area (Å²) in [6.45, 7) is 0. The van der Waals surface area contributed by atoms with Gasteiger partial charge >= 0.3 is 0 Å². The van der Waals surface area contributed by atoms with Gasteiger partial charge in [0, 0.05) is 28.0 Å². The fraction of sp³-hybridized carbons (Fsp3) is 0. The smallest absolute Gasteiger partial charge is 0.238 e. The van der Waals surface area contributed by atoms with Gasteiger partial charge in [-0.15, -0.1) is 0 Å². The molecular weight excluding hydrogens is 368 g/mol. The number of aromatic nitrogens is 1. The van der Waals surface area contributed by atoms with Crippen LogP contribution in [0.4, 0.5) is 0 Å². The first-order valence-corrected chi connectivity index (χ1v) is 10.1. The molecule has 0 saturated heterocycles. The van der Waals surface area contributed by atoms with E-state index in [2.05, 4.69) is 0 Å². The van der Waals surface area contributed by atoms with Gasteiger partial charge in [-0.05, 0) is 54.6 Å². The number of fused-ring (bicyclic) bond motifs is 1. The van der Waals surface area contributed by atoms with Gasteiger partial charge < -0.3 is 4.57 Å². The summed E-state index contributed by atoms with van der Waals surface area (Å²) in [5, 5.41) is 5.14. The predicted octanol–water partition coefficient (Wildman–Crippen LogP) is 3.45. The number of benzene rings is 2. The highest BCUT2D eigenvalue weighted by Gasteiger charge is 2.25. The average Bonchev–Trinajstić information content (AvgIpc) is 3.20. The van der Waals surface area contributed by atoms with E-state index in [1.165, 1.54) is 23.9 Å². The number of ketones is 1. The van der Waals surface area contributed by atoms with Gasteiger partial charge in [0.05, 0.1) is 9.80 Å². The fourth-order valence-electron chi connectivity index (χ4n) is 2.81. The van der Waals surface area contributed by atoms with Crippen molar-refractivity contribution in [2.45, 2.75) is 9.79 Å². The molecule has 0 spiro atoms. The first-order valence-electron chi connectivity index (χ1n) is 7.77. The van der Waals surface area contributed by atoms with E-state index >= 15 is 0 Å². The lowest BCUT2D eigenvalue weighted by atomic mass is 10.1. The fourth-order valence-corrected chi connectivity index (χ4v) is 4.37. The standard InChI is InChI=1S/C19H14N2O3S2/c20-26(23,24)15-9-7-13(8-10-15)21-11-3-4-14(21)12-18-19(22)16-5-1-2-6-17(16)25-18/h1-12H,(H2,20,23,24)/b18-12-. The Morgan fingerprint density at radius 1 is 0.962 bits per heavy atom. The van der Waals surface area contributed by atoms with Crippen molar-refractivity contribution in [3.63, 3.8) is 0 Å². The Morgan fingerprint density at radius 2 is 1.69 bits per heavy atom. The number of carbonyl (C=O) groups excluding carboxylic acids is 1. The van der Waals surface area contributed by atoms with Crippen molar-refractivity contribution in [1.29, 1.82) is 0 Å². The summed E-state index contributed by atoms with van der Waals surface area (Å²) in [7, 11) is -3.72. The lowest BCUT2D eigenvalue weighted by Gasteiger charge is -2.08. The largest absolute Gasteiger partial charge is 0.317 e. The molecule has 4 rings (SSSR count). The van der Waals surface area contributed by atoms with Crippen LogP contribution in [-0.2, 0) is 10.0 Å². The van der Waals surface area contributed by atoms with Gasteiger partial charge in [-0.1, -0.05) is 23.9 Å². The van der Waals surface area contributed by atoms with E-state index in [1.807, 2.05) is 53.2 Å². The summed E-state index contributed by atoms with van der Waals surface area (Å²) in [4.78, 5) is 14.2. The molecule has 2 aromatic carbocycles. The Hall–Kier alpha value is -2.61. The third-order valence-electron chi connectivity index (χ3n) is 4.08. The average molecular weight is 382 g/mol. The Balaban J connectivity index is 1.70. The van der Waals surface area contributed by atoms with Crippen LogP contribution in [0.2, 0.25) is 0 Å². The number of nitrogens with two attached hydrogens (primary N) is 1. The molecule has 0 fully saturated rings. The van der Waals surface area contributed by atoms with E-state index in [0.29, 0.717) is 4.91 Å². The second kappa shape index (κ2) is 6.28. The van der Waals surface area contributed by atoms with E-state index in [-0.39, 0.29) is 10.7 Å². The Labute approximate surface area is 155 Å². The highest BCUT2D eigenvalue weighted by atomic mass is 32.2. The lowest BCUT2D eigenvalue weighted by molar-refractivity contribution is 0.104. The molecule has 1 aliphatic heterocycles. The number of hydrogen-bond donors (Lipinski definition) is 1. The number of allylic oxidation sites excluding steroid dienone is 1. The Morgan fingerprint density at radius 3 is 2.38 bits per heavy atom. The number of rotatable bonds is 3. The SMILES string of the molecule is NS(=O)(=O)c1ccc(-n2cccc2/C=C2\Sc3ccccc3C2=O)cc1. The molecule has 0 amide bonds. The summed E-state index contributed by atoms with van der Waals surface area (Å²) in [5.74, 6) is 0.0166. The zero-order valence-corrected chi connectivity index (χ0v) is 15.1. The molecule has 130 valence electrons. The van der Waals surface area contributed by atoms with E-state index < -0.39 is 10.0 Å². The highest BCUT2D eigenvalue weighted by molar-refractivity contribution is 8.04. The van der Waals surface area contributed by atoms with E-state index in [1.54, 1.807) is 12.1 Å². The number of sulfonamides is 1. The minimum absolute atomic E-state index is 0.0166. The Kier molecular flexibility index (Phi) is 4.07. The van der Waals surface area contributed by atoms with Gasteiger partial charge in [0.1, 0.15) is 0 Å². The van der Waals surface area contributed by atoms with Crippen molar-refractivity contribution in [3.05, 3.63) is 83.0 Å². The molecule has 26 heavy (non-hydrogen) atoms. The third kappa shape index (κ3) is 3.01. The summed E-state index contributed by atoms with van der Waals surface area (Å²) in [5.41, 5.74) is 2.33. The van der Waals surface area contributed by atoms with Crippen LogP contribution in [0, 0.1) is 0 Å². The first kappa shape index (κ1) is 16.8. The molecule has 0 atom stereocenters. The summed E-state index contributed by atoms with van der Waals surface area (Å²) in [6.07, 6.45) is 3.70. The number of carbonyl (C=O) groups is 1. The van der Waals surface area contributed by atoms with Gasteiger partial charge in [-0.3, -0.25) is 4.79 Å². The molecule has 0 saturated carbocycles. The van der Waals surface area contributed by atoms with Gasteiger partial charge in [-0.2, -0.15) is 0 Å². The molecule has 0 bridgehead atoms. The molecule has 2 N–H and O–H groups in total. The summed E-state index contributed by atoms with van der Waals surface area (Å²) >= 11 is 1.45. The first-order chi connectivity index (χ1) is 12.4. The molecule has 0 unspecified atom stereocenters. The molecule has 0 aliphatic carbocycles. The zero-order chi connectivity index (χ0) is 18.3. The number of primary sulfonamides is 1. The monoisotopic (exact) mass is 382 g/mol. The minimum atomic E-state index is -3.72. The molecule has 7 heteroatoms. The van der Waals surface area contributed by atoms with Crippen LogP contribution in [0.1, 0.15) is 16.1 Å². The van der Waals surface area contributed by atoms with Crippen molar-refractivity contribution >= 4 is 33.6 Å². The molecule has 0 radical (unpaired) electrons. The van der Waals surface area contributed by atoms with Gasteiger partial charge in [-0.25, -0.2) is 13.6 Å². The van der Waals surface area contributed by atoms with Crippen molar-refractivity contribution in [3.8, 4) is 5.69 Å². The van der Waals surface area contributed by atoms with Crippen LogP contribution in [-0.4, -0.2) is 18.8 Å². The Bertz CT molecular complexity index is 1140. The third-order valence-corrected chi connectivity index (χ3v) is 6.11. The normalized spacial score (nSPS) is 15.4. The molecular formula is C19H14N2O3S2. The van der Waals surface area contributed by atoms with Crippen LogP contribution >= 0.6 is 11.8 Å². The van der Waals surface area contributed by atoms with Crippen molar-refractivity contribution in [2.75, 3.05) is 0 Å². The maximum Gasteiger partial charge on any atom is 0.238 e. The van der Waals surface area contributed by atoms with Crippen molar-refractivity contribution < 1.29 is 13.2 Å². The number of thioether (sulfide) groups is 1.